The van der Waals surface area contributed by atoms with Gasteiger partial charge in [0.2, 0.25) is 5.91 Å². The van der Waals surface area contributed by atoms with Gasteiger partial charge in [0.15, 0.2) is 5.82 Å². The zero-order valence-corrected chi connectivity index (χ0v) is 19.7. The largest absolute Gasteiger partial charge is 0.497 e. The lowest BCUT2D eigenvalue weighted by atomic mass is 9.97. The molecule has 3 heterocycles. The van der Waals surface area contributed by atoms with E-state index in [1.54, 1.807) is 13.3 Å². The van der Waals surface area contributed by atoms with Gasteiger partial charge in [0.05, 0.1) is 18.7 Å². The van der Waals surface area contributed by atoms with Crippen LogP contribution >= 0.6 is 11.6 Å². The monoisotopic (exact) mass is 475 g/mol. The summed E-state index contributed by atoms with van der Waals surface area (Å²) in [4.78, 5) is 19.8. The van der Waals surface area contributed by atoms with Gasteiger partial charge >= 0.3 is 0 Å². The lowest BCUT2D eigenvalue weighted by molar-refractivity contribution is -0.125. The molecular weight excluding hydrogens is 450 g/mol. The van der Waals surface area contributed by atoms with Crippen LogP contribution in [0.3, 0.4) is 0 Å². The van der Waals surface area contributed by atoms with Gasteiger partial charge in [0, 0.05) is 42.6 Å². The molecule has 0 radical (unpaired) electrons. The maximum Gasteiger partial charge on any atom is 0.225 e. The van der Waals surface area contributed by atoms with Gasteiger partial charge < -0.3 is 15.0 Å². The molecule has 0 bridgehead atoms. The summed E-state index contributed by atoms with van der Waals surface area (Å²) in [5.41, 5.74) is 3.73. The molecule has 0 saturated carbocycles. The van der Waals surface area contributed by atoms with Gasteiger partial charge in [-0.25, -0.2) is 9.50 Å². The first-order chi connectivity index (χ1) is 16.6. The van der Waals surface area contributed by atoms with E-state index in [9.17, 15) is 4.79 Å². The van der Waals surface area contributed by atoms with E-state index in [1.807, 2.05) is 65.3 Å². The first-order valence-electron chi connectivity index (χ1n) is 11.4. The summed E-state index contributed by atoms with van der Waals surface area (Å²) in [6, 6.07) is 17.4. The molecule has 4 aromatic rings. The van der Waals surface area contributed by atoms with Crippen LogP contribution in [0.4, 0.5) is 5.82 Å². The summed E-state index contributed by atoms with van der Waals surface area (Å²) in [7, 11) is 1.66. The topological polar surface area (TPSA) is 71.8 Å². The van der Waals surface area contributed by atoms with Crippen molar-refractivity contribution in [2.24, 2.45) is 5.92 Å². The predicted octanol–water partition coefficient (Wildman–Crippen LogP) is 4.59. The summed E-state index contributed by atoms with van der Waals surface area (Å²) >= 11 is 6.06. The third kappa shape index (κ3) is 4.70. The molecule has 8 heteroatoms. The van der Waals surface area contributed by atoms with E-state index in [-0.39, 0.29) is 11.8 Å². The third-order valence-electron chi connectivity index (χ3n) is 6.18. The Morgan fingerprint density at radius 3 is 2.94 bits per heavy atom. The molecule has 5 rings (SSSR count). The molecule has 2 aromatic heterocycles. The molecule has 1 atom stereocenters. The third-order valence-corrected chi connectivity index (χ3v) is 6.42. The van der Waals surface area contributed by atoms with Crippen LogP contribution in [0.1, 0.15) is 18.4 Å². The lowest BCUT2D eigenvalue weighted by Crippen LogP contribution is -2.43. The van der Waals surface area contributed by atoms with Gasteiger partial charge in [-0.3, -0.25) is 4.79 Å². The number of anilines is 1. The summed E-state index contributed by atoms with van der Waals surface area (Å²) in [5, 5.41) is 8.48. The molecule has 1 aliphatic heterocycles. The molecule has 1 aliphatic rings. The van der Waals surface area contributed by atoms with Crippen LogP contribution in [0.2, 0.25) is 5.02 Å². The fourth-order valence-electron chi connectivity index (χ4n) is 4.44. The van der Waals surface area contributed by atoms with Gasteiger partial charge in [0.1, 0.15) is 11.3 Å². The van der Waals surface area contributed by atoms with Crippen LogP contribution in [-0.2, 0) is 11.3 Å². The van der Waals surface area contributed by atoms with Gasteiger partial charge in [0.25, 0.3) is 0 Å². The minimum Gasteiger partial charge on any atom is -0.497 e. The maximum absolute atomic E-state index is 12.9. The Morgan fingerprint density at radius 1 is 1.21 bits per heavy atom. The Kier molecular flexibility index (Phi) is 6.36. The highest BCUT2D eigenvalue weighted by atomic mass is 35.5. The standard InChI is InChI=1S/C26H26ClN5O2/c1-34-22-9-3-6-19(14-22)23-15-24-25(28-10-12-32(24)30-23)31-11-4-7-20(17-31)26(33)29-16-18-5-2-8-21(27)13-18/h2-3,5-6,8-10,12-15,20H,4,7,11,16-17H2,1H3,(H,29,33). The van der Waals surface area contributed by atoms with Crippen molar-refractivity contribution in [2.45, 2.75) is 19.4 Å². The molecule has 1 saturated heterocycles. The quantitative estimate of drug-likeness (QED) is 0.441. The number of fused-ring (bicyclic) bond motifs is 1. The Hall–Kier alpha value is -3.58. The lowest BCUT2D eigenvalue weighted by Gasteiger charge is -2.33. The predicted molar refractivity (Wildman–Crippen MR) is 133 cm³/mol. The van der Waals surface area contributed by atoms with Gasteiger partial charge in [-0.1, -0.05) is 35.9 Å². The van der Waals surface area contributed by atoms with E-state index < -0.39 is 0 Å². The second-order valence-electron chi connectivity index (χ2n) is 8.48. The van der Waals surface area contributed by atoms with Gasteiger partial charge in [-0.2, -0.15) is 5.10 Å². The van der Waals surface area contributed by atoms with Crippen molar-refractivity contribution in [1.29, 1.82) is 0 Å². The molecule has 1 fully saturated rings. The number of benzene rings is 2. The van der Waals surface area contributed by atoms with E-state index in [2.05, 4.69) is 15.2 Å². The Bertz CT molecular complexity index is 1320. The van der Waals surface area contributed by atoms with Gasteiger partial charge in [-0.05, 0) is 48.7 Å². The zero-order valence-electron chi connectivity index (χ0n) is 18.9. The second kappa shape index (κ2) is 9.73. The highest BCUT2D eigenvalue weighted by molar-refractivity contribution is 6.30. The van der Waals surface area contributed by atoms with Crippen molar-refractivity contribution in [3.63, 3.8) is 0 Å². The summed E-state index contributed by atoms with van der Waals surface area (Å²) < 4.78 is 7.21. The average Bonchev–Trinajstić information content (AvgIpc) is 3.32. The molecule has 7 nitrogen and oxygen atoms in total. The van der Waals surface area contributed by atoms with Gasteiger partial charge in [-0.15, -0.1) is 0 Å². The Labute approximate surface area is 203 Å². The minimum atomic E-state index is -0.101. The van der Waals surface area contributed by atoms with E-state index in [1.165, 1.54) is 0 Å². The fourth-order valence-corrected chi connectivity index (χ4v) is 4.65. The molecular formula is C26H26ClN5O2. The molecule has 2 aromatic carbocycles. The number of methoxy groups -OCH3 is 1. The van der Waals surface area contributed by atoms with E-state index in [4.69, 9.17) is 21.4 Å². The molecule has 1 unspecified atom stereocenters. The van der Waals surface area contributed by atoms with Crippen molar-refractivity contribution in [3.05, 3.63) is 77.6 Å². The number of hydrogen-bond donors (Lipinski definition) is 1. The van der Waals surface area contributed by atoms with Crippen LogP contribution < -0.4 is 15.0 Å². The van der Waals surface area contributed by atoms with Crippen molar-refractivity contribution in [1.82, 2.24) is 19.9 Å². The van der Waals surface area contributed by atoms with Crippen LogP contribution in [0.25, 0.3) is 16.8 Å². The highest BCUT2D eigenvalue weighted by Crippen LogP contribution is 2.29. The van der Waals surface area contributed by atoms with Crippen LogP contribution in [0.5, 0.6) is 5.75 Å². The van der Waals surface area contributed by atoms with Crippen molar-refractivity contribution < 1.29 is 9.53 Å². The number of carbonyl (C=O) groups is 1. The number of ether oxygens (including phenoxy) is 1. The van der Waals surface area contributed by atoms with E-state index >= 15 is 0 Å². The second-order valence-corrected chi connectivity index (χ2v) is 8.91. The summed E-state index contributed by atoms with van der Waals surface area (Å²) in [5.74, 6) is 1.59. The molecule has 1 N–H and O–H groups in total. The number of carbonyl (C=O) groups excluding carboxylic acids is 1. The Balaban J connectivity index is 1.33. The number of halogens is 1. The first-order valence-corrected chi connectivity index (χ1v) is 11.7. The molecule has 1 amide bonds. The molecule has 0 spiro atoms. The maximum atomic E-state index is 12.9. The number of hydrogen-bond acceptors (Lipinski definition) is 5. The fraction of sp³-hybridized carbons (Fsp3) is 0.269. The van der Waals surface area contributed by atoms with Crippen LogP contribution in [0, 0.1) is 5.92 Å². The number of rotatable bonds is 6. The Morgan fingerprint density at radius 2 is 2.09 bits per heavy atom. The van der Waals surface area contributed by atoms with E-state index in [0.29, 0.717) is 18.1 Å². The number of piperidine rings is 1. The molecule has 0 aliphatic carbocycles. The first kappa shape index (κ1) is 22.2. The summed E-state index contributed by atoms with van der Waals surface area (Å²) in [6.07, 6.45) is 5.39. The zero-order chi connectivity index (χ0) is 23.5. The average molecular weight is 476 g/mol. The van der Waals surface area contributed by atoms with Crippen molar-refractivity contribution in [2.75, 3.05) is 25.1 Å². The molecule has 34 heavy (non-hydrogen) atoms. The van der Waals surface area contributed by atoms with Crippen LogP contribution in [-0.4, -0.2) is 40.7 Å². The number of amides is 1. The number of nitrogens with one attached hydrogen (secondary N) is 1. The number of aromatic nitrogens is 3. The molecule has 174 valence electrons. The summed E-state index contributed by atoms with van der Waals surface area (Å²) in [6.45, 7) is 1.94. The van der Waals surface area contributed by atoms with E-state index in [0.717, 1.165) is 53.3 Å². The smallest absolute Gasteiger partial charge is 0.225 e. The van der Waals surface area contributed by atoms with Crippen molar-refractivity contribution in [3.8, 4) is 17.0 Å². The number of nitrogens with zero attached hydrogens (tertiary/aromatic N) is 4. The normalized spacial score (nSPS) is 15.9. The SMILES string of the molecule is COc1cccc(-c2cc3c(N4CCCC(C(=O)NCc5cccc(Cl)c5)C4)nccn3n2)c1. The minimum absolute atomic E-state index is 0.0576. The van der Waals surface area contributed by atoms with Crippen LogP contribution in [0.15, 0.2) is 67.0 Å². The van der Waals surface area contributed by atoms with Crippen molar-refractivity contribution >= 4 is 28.8 Å². The highest BCUT2D eigenvalue weighted by Gasteiger charge is 2.27.